The number of benzene rings is 1. The van der Waals surface area contributed by atoms with Crippen LogP contribution in [0.25, 0.3) is 0 Å². The van der Waals surface area contributed by atoms with E-state index in [2.05, 4.69) is 24.4 Å². The Morgan fingerprint density at radius 3 is 2.24 bits per heavy atom. The molecule has 0 aromatic heterocycles. The number of allylic oxidation sites excluding steroid dienone is 3. The van der Waals surface area contributed by atoms with Crippen LogP contribution in [-0.4, -0.2) is 5.91 Å². The molecule has 0 heterocycles. The van der Waals surface area contributed by atoms with Gasteiger partial charge in [0.1, 0.15) is 0 Å². The van der Waals surface area contributed by atoms with Crippen LogP contribution in [0.5, 0.6) is 0 Å². The van der Waals surface area contributed by atoms with Crippen LogP contribution < -0.4 is 5.32 Å². The van der Waals surface area contributed by atoms with E-state index in [9.17, 15) is 4.79 Å². The minimum Gasteiger partial charge on any atom is -0.322 e. The normalized spacial score (nSPS) is 11.3. The van der Waals surface area contributed by atoms with Gasteiger partial charge >= 0.3 is 0 Å². The summed E-state index contributed by atoms with van der Waals surface area (Å²) in [7, 11) is 0. The molecule has 2 nitrogen and oxygen atoms in total. The Labute approximate surface area is 103 Å². The second-order valence-corrected chi connectivity index (χ2v) is 4.15. The molecule has 1 rings (SSSR count). The van der Waals surface area contributed by atoms with Gasteiger partial charge in [-0.3, -0.25) is 4.79 Å². The largest absolute Gasteiger partial charge is 0.322 e. The van der Waals surface area contributed by atoms with E-state index >= 15 is 0 Å². The highest BCUT2D eigenvalue weighted by molar-refractivity contribution is 6.00. The van der Waals surface area contributed by atoms with E-state index in [-0.39, 0.29) is 5.91 Å². The molecule has 1 aromatic carbocycles. The molecular formula is C15H19NO. The quantitative estimate of drug-likeness (QED) is 0.621. The van der Waals surface area contributed by atoms with E-state index in [1.165, 1.54) is 11.6 Å². The lowest BCUT2D eigenvalue weighted by Gasteiger charge is -2.11. The monoisotopic (exact) mass is 229 g/mol. The van der Waals surface area contributed by atoms with E-state index in [1.54, 1.807) is 6.08 Å². The lowest BCUT2D eigenvalue weighted by Crippen LogP contribution is -2.10. The van der Waals surface area contributed by atoms with Crippen LogP contribution in [0, 0.1) is 20.8 Å². The smallest absolute Gasteiger partial charge is 0.248 e. The van der Waals surface area contributed by atoms with Gasteiger partial charge in [0.25, 0.3) is 0 Å². The number of hydrogen-bond acceptors (Lipinski definition) is 1. The van der Waals surface area contributed by atoms with Crippen molar-refractivity contribution in [3.05, 3.63) is 53.1 Å². The van der Waals surface area contributed by atoms with Crippen LogP contribution in [0.3, 0.4) is 0 Å². The van der Waals surface area contributed by atoms with Crippen molar-refractivity contribution in [3.8, 4) is 0 Å². The Morgan fingerprint density at radius 1 is 1.12 bits per heavy atom. The van der Waals surface area contributed by atoms with Crippen molar-refractivity contribution < 1.29 is 4.79 Å². The minimum atomic E-state index is -0.0989. The van der Waals surface area contributed by atoms with E-state index < -0.39 is 0 Å². The number of amides is 1. The molecule has 0 aliphatic rings. The van der Waals surface area contributed by atoms with E-state index in [0.717, 1.165) is 16.8 Å². The second-order valence-electron chi connectivity index (χ2n) is 4.15. The van der Waals surface area contributed by atoms with Gasteiger partial charge in [-0.1, -0.05) is 35.9 Å². The molecule has 0 spiro atoms. The van der Waals surface area contributed by atoms with E-state index in [1.807, 2.05) is 32.9 Å². The first-order valence-corrected chi connectivity index (χ1v) is 5.72. The summed E-state index contributed by atoms with van der Waals surface area (Å²) >= 11 is 0. The molecule has 0 saturated carbocycles. The van der Waals surface area contributed by atoms with Crippen LogP contribution in [0.15, 0.2) is 36.4 Å². The zero-order valence-electron chi connectivity index (χ0n) is 10.9. The number of carbonyl (C=O) groups excluding carboxylic acids is 1. The van der Waals surface area contributed by atoms with Gasteiger partial charge in [0, 0.05) is 11.8 Å². The highest BCUT2D eigenvalue weighted by Gasteiger charge is 2.05. The fraction of sp³-hybridized carbons (Fsp3) is 0.267. The minimum absolute atomic E-state index is 0.0989. The summed E-state index contributed by atoms with van der Waals surface area (Å²) in [6.45, 7) is 7.98. The maximum atomic E-state index is 11.6. The topological polar surface area (TPSA) is 29.1 Å². The summed E-state index contributed by atoms with van der Waals surface area (Å²) in [5.74, 6) is -0.0989. The van der Waals surface area contributed by atoms with Crippen molar-refractivity contribution >= 4 is 11.6 Å². The zero-order valence-corrected chi connectivity index (χ0v) is 10.9. The number of nitrogens with one attached hydrogen (secondary N) is 1. The van der Waals surface area contributed by atoms with Crippen LogP contribution in [0.1, 0.15) is 23.6 Å². The molecule has 0 radical (unpaired) electrons. The van der Waals surface area contributed by atoms with Gasteiger partial charge in [-0.05, 0) is 38.8 Å². The standard InChI is InChI=1S/C15H19NO/c1-5-6-7-8-14(17)16-15-12(3)9-11(2)10-13(15)4/h5-10H,1-4H3,(H,16,17). The molecule has 90 valence electrons. The average Bonchev–Trinajstić information content (AvgIpc) is 2.24. The molecule has 0 saturated heterocycles. The summed E-state index contributed by atoms with van der Waals surface area (Å²) < 4.78 is 0. The van der Waals surface area contributed by atoms with Gasteiger partial charge in [0.05, 0.1) is 0 Å². The number of aryl methyl sites for hydroxylation is 3. The van der Waals surface area contributed by atoms with Gasteiger partial charge in [-0.2, -0.15) is 0 Å². The Hall–Kier alpha value is -1.83. The first kappa shape index (κ1) is 13.2. The Morgan fingerprint density at radius 2 is 1.71 bits per heavy atom. The molecule has 1 aromatic rings. The number of rotatable bonds is 3. The van der Waals surface area contributed by atoms with Crippen LogP contribution in [0.2, 0.25) is 0 Å². The molecule has 0 atom stereocenters. The van der Waals surface area contributed by atoms with Crippen LogP contribution in [-0.2, 0) is 4.79 Å². The van der Waals surface area contributed by atoms with E-state index in [0.29, 0.717) is 0 Å². The summed E-state index contributed by atoms with van der Waals surface area (Å²) in [5.41, 5.74) is 4.30. The number of hydrogen-bond donors (Lipinski definition) is 1. The van der Waals surface area contributed by atoms with Gasteiger partial charge < -0.3 is 5.32 Å². The third-order valence-corrected chi connectivity index (χ3v) is 2.48. The third kappa shape index (κ3) is 3.91. The first-order valence-electron chi connectivity index (χ1n) is 5.72. The van der Waals surface area contributed by atoms with Crippen molar-refractivity contribution in [2.45, 2.75) is 27.7 Å². The molecule has 2 heteroatoms. The van der Waals surface area contributed by atoms with Crippen LogP contribution in [0.4, 0.5) is 5.69 Å². The van der Waals surface area contributed by atoms with Gasteiger partial charge in [-0.15, -0.1) is 0 Å². The van der Waals surface area contributed by atoms with Crippen molar-refractivity contribution in [1.82, 2.24) is 0 Å². The molecular weight excluding hydrogens is 210 g/mol. The summed E-state index contributed by atoms with van der Waals surface area (Å²) in [6, 6.07) is 4.14. The molecule has 0 aliphatic carbocycles. The van der Waals surface area contributed by atoms with Crippen LogP contribution >= 0.6 is 0 Å². The number of anilines is 1. The molecule has 0 unspecified atom stereocenters. The fourth-order valence-corrected chi connectivity index (χ4v) is 1.80. The fourth-order valence-electron chi connectivity index (χ4n) is 1.80. The molecule has 0 bridgehead atoms. The first-order chi connectivity index (χ1) is 8.04. The Bertz CT molecular complexity index is 447. The van der Waals surface area contributed by atoms with Crippen molar-refractivity contribution in [1.29, 1.82) is 0 Å². The molecule has 1 N–H and O–H groups in total. The number of carbonyl (C=O) groups is 1. The molecule has 17 heavy (non-hydrogen) atoms. The zero-order chi connectivity index (χ0) is 12.8. The van der Waals surface area contributed by atoms with Gasteiger partial charge in [0.15, 0.2) is 0 Å². The van der Waals surface area contributed by atoms with Crippen molar-refractivity contribution in [2.75, 3.05) is 5.32 Å². The average molecular weight is 229 g/mol. The summed E-state index contributed by atoms with van der Waals surface area (Å²) in [5, 5.41) is 2.90. The molecule has 1 amide bonds. The summed E-state index contributed by atoms with van der Waals surface area (Å²) in [6.07, 6.45) is 6.97. The summed E-state index contributed by atoms with van der Waals surface area (Å²) in [4.78, 5) is 11.6. The van der Waals surface area contributed by atoms with Gasteiger partial charge in [-0.25, -0.2) is 0 Å². The lowest BCUT2D eigenvalue weighted by molar-refractivity contribution is -0.111. The lowest BCUT2D eigenvalue weighted by atomic mass is 10.1. The van der Waals surface area contributed by atoms with Gasteiger partial charge in [0.2, 0.25) is 5.91 Å². The highest BCUT2D eigenvalue weighted by Crippen LogP contribution is 2.21. The Balaban J connectivity index is 2.85. The molecule has 0 fully saturated rings. The third-order valence-electron chi connectivity index (χ3n) is 2.48. The predicted octanol–water partition coefficient (Wildman–Crippen LogP) is 3.68. The van der Waals surface area contributed by atoms with Crippen molar-refractivity contribution in [3.63, 3.8) is 0 Å². The maximum Gasteiger partial charge on any atom is 0.248 e. The van der Waals surface area contributed by atoms with E-state index in [4.69, 9.17) is 0 Å². The predicted molar refractivity (Wildman–Crippen MR) is 73.2 cm³/mol. The Kier molecular flexibility index (Phi) is 4.70. The SMILES string of the molecule is CC=CC=CC(=O)Nc1c(C)cc(C)cc1C. The van der Waals surface area contributed by atoms with Crippen molar-refractivity contribution in [2.24, 2.45) is 0 Å². The molecule has 0 aliphatic heterocycles. The maximum absolute atomic E-state index is 11.6. The second kappa shape index (κ2) is 6.04. The highest BCUT2D eigenvalue weighted by atomic mass is 16.1.